The molecule has 29 heavy (non-hydrogen) atoms. The normalized spacial score (nSPS) is 16.3. The van der Waals surface area contributed by atoms with Crippen LogP contribution >= 0.6 is 11.6 Å². The lowest BCUT2D eigenvalue weighted by molar-refractivity contribution is -0.117. The standard InChI is InChI=1S/C21H21ClN4O3/c1-25(2)15-6-4-13(5-7-15)20-23-21(29-24-20)14-10-19(27)26(12-14)16-8-9-18(28-3)17(22)11-16/h4-9,11,14H,10,12H2,1-3H3/t14-/m1/s1. The van der Waals surface area contributed by atoms with Gasteiger partial charge in [0, 0.05) is 44.0 Å². The van der Waals surface area contributed by atoms with E-state index in [9.17, 15) is 4.79 Å². The first-order chi connectivity index (χ1) is 14.0. The van der Waals surface area contributed by atoms with Crippen molar-refractivity contribution in [1.82, 2.24) is 10.1 Å². The molecule has 0 aliphatic carbocycles. The number of ether oxygens (including phenoxy) is 1. The number of benzene rings is 2. The van der Waals surface area contributed by atoms with Crippen LogP contribution in [0.2, 0.25) is 5.02 Å². The van der Waals surface area contributed by atoms with Gasteiger partial charge in [-0.25, -0.2) is 0 Å². The number of hydrogen-bond acceptors (Lipinski definition) is 6. The highest BCUT2D eigenvalue weighted by molar-refractivity contribution is 6.32. The maximum Gasteiger partial charge on any atom is 0.232 e. The molecule has 0 radical (unpaired) electrons. The zero-order valence-corrected chi connectivity index (χ0v) is 17.2. The zero-order valence-electron chi connectivity index (χ0n) is 16.4. The highest BCUT2D eigenvalue weighted by Gasteiger charge is 2.35. The van der Waals surface area contributed by atoms with E-state index in [0.29, 0.717) is 35.5 Å². The predicted octanol–water partition coefficient (Wildman–Crippen LogP) is 3.99. The number of carbonyl (C=O) groups excluding carboxylic acids is 1. The molecule has 150 valence electrons. The van der Waals surface area contributed by atoms with Gasteiger partial charge in [-0.05, 0) is 42.5 Å². The van der Waals surface area contributed by atoms with Gasteiger partial charge in [0.05, 0.1) is 18.1 Å². The molecule has 0 spiro atoms. The molecular weight excluding hydrogens is 392 g/mol. The highest BCUT2D eigenvalue weighted by atomic mass is 35.5. The van der Waals surface area contributed by atoms with Gasteiger partial charge in [-0.1, -0.05) is 16.8 Å². The van der Waals surface area contributed by atoms with Crippen molar-refractivity contribution in [3.8, 4) is 17.1 Å². The molecule has 1 fully saturated rings. The largest absolute Gasteiger partial charge is 0.495 e. The number of methoxy groups -OCH3 is 1. The second-order valence-electron chi connectivity index (χ2n) is 7.12. The maximum absolute atomic E-state index is 12.6. The molecule has 0 bridgehead atoms. The number of carbonyl (C=O) groups is 1. The molecule has 1 aromatic heterocycles. The van der Waals surface area contributed by atoms with Crippen LogP contribution in [0.5, 0.6) is 5.75 Å². The third-order valence-corrected chi connectivity index (χ3v) is 5.30. The zero-order chi connectivity index (χ0) is 20.5. The Morgan fingerprint density at radius 1 is 1.21 bits per heavy atom. The molecule has 1 atom stereocenters. The number of amides is 1. The van der Waals surface area contributed by atoms with Gasteiger partial charge < -0.3 is 19.1 Å². The number of aromatic nitrogens is 2. The minimum atomic E-state index is -0.161. The molecule has 2 heterocycles. The van der Waals surface area contributed by atoms with E-state index in [0.717, 1.165) is 16.9 Å². The molecule has 1 amide bonds. The summed E-state index contributed by atoms with van der Waals surface area (Å²) in [4.78, 5) is 20.8. The van der Waals surface area contributed by atoms with E-state index < -0.39 is 0 Å². The monoisotopic (exact) mass is 412 g/mol. The number of nitrogens with zero attached hydrogens (tertiary/aromatic N) is 4. The van der Waals surface area contributed by atoms with Crippen LogP contribution in [-0.2, 0) is 4.79 Å². The summed E-state index contributed by atoms with van der Waals surface area (Å²) in [7, 11) is 5.53. The Kier molecular flexibility index (Phi) is 5.15. The first kappa shape index (κ1) is 19.3. The fraction of sp³-hybridized carbons (Fsp3) is 0.286. The fourth-order valence-electron chi connectivity index (χ4n) is 3.37. The van der Waals surface area contributed by atoms with E-state index in [1.165, 1.54) is 0 Å². The Bertz CT molecular complexity index is 1030. The Morgan fingerprint density at radius 2 is 1.97 bits per heavy atom. The summed E-state index contributed by atoms with van der Waals surface area (Å²) in [5.74, 6) is 1.38. The van der Waals surface area contributed by atoms with E-state index in [2.05, 4.69) is 10.1 Å². The van der Waals surface area contributed by atoms with Crippen molar-refractivity contribution < 1.29 is 14.1 Å². The summed E-state index contributed by atoms with van der Waals surface area (Å²) >= 11 is 6.20. The first-order valence-electron chi connectivity index (χ1n) is 9.21. The van der Waals surface area contributed by atoms with Crippen molar-refractivity contribution >= 4 is 28.9 Å². The number of rotatable bonds is 5. The van der Waals surface area contributed by atoms with Gasteiger partial charge in [-0.2, -0.15) is 4.98 Å². The van der Waals surface area contributed by atoms with Crippen molar-refractivity contribution in [2.24, 2.45) is 0 Å². The van der Waals surface area contributed by atoms with Crippen LogP contribution in [0.15, 0.2) is 47.0 Å². The number of halogens is 1. The minimum absolute atomic E-state index is 0.00804. The third-order valence-electron chi connectivity index (χ3n) is 5.00. The topological polar surface area (TPSA) is 71.7 Å². The lowest BCUT2D eigenvalue weighted by atomic mass is 10.1. The van der Waals surface area contributed by atoms with Gasteiger partial charge in [0.2, 0.25) is 17.6 Å². The lowest BCUT2D eigenvalue weighted by Gasteiger charge is -2.17. The minimum Gasteiger partial charge on any atom is -0.495 e. The molecule has 0 saturated carbocycles. The van der Waals surface area contributed by atoms with Crippen LogP contribution in [0, 0.1) is 0 Å². The van der Waals surface area contributed by atoms with Gasteiger partial charge in [-0.15, -0.1) is 0 Å². The smallest absolute Gasteiger partial charge is 0.232 e. The van der Waals surface area contributed by atoms with Crippen LogP contribution in [0.3, 0.4) is 0 Å². The summed E-state index contributed by atoms with van der Waals surface area (Å²) in [6.07, 6.45) is 0.310. The van der Waals surface area contributed by atoms with Gasteiger partial charge in [-0.3, -0.25) is 4.79 Å². The molecule has 1 saturated heterocycles. The van der Waals surface area contributed by atoms with Gasteiger partial charge in [0.1, 0.15) is 5.75 Å². The molecule has 1 aliphatic heterocycles. The van der Waals surface area contributed by atoms with Gasteiger partial charge in [0.25, 0.3) is 0 Å². The van der Waals surface area contributed by atoms with Crippen molar-refractivity contribution in [3.63, 3.8) is 0 Å². The average Bonchev–Trinajstić information content (AvgIpc) is 3.35. The van der Waals surface area contributed by atoms with Crippen LogP contribution in [-0.4, -0.2) is 43.8 Å². The van der Waals surface area contributed by atoms with Crippen LogP contribution < -0.4 is 14.5 Å². The third kappa shape index (κ3) is 3.78. The molecular formula is C21H21ClN4O3. The maximum atomic E-state index is 12.6. The molecule has 0 unspecified atom stereocenters. The molecule has 2 aromatic carbocycles. The van der Waals surface area contributed by atoms with E-state index in [1.807, 2.05) is 49.3 Å². The molecule has 1 aliphatic rings. The highest BCUT2D eigenvalue weighted by Crippen LogP contribution is 2.35. The summed E-state index contributed by atoms with van der Waals surface area (Å²) in [5.41, 5.74) is 2.68. The van der Waals surface area contributed by atoms with Crippen molar-refractivity contribution in [3.05, 3.63) is 53.4 Å². The fourth-order valence-corrected chi connectivity index (χ4v) is 3.62. The predicted molar refractivity (Wildman–Crippen MR) is 112 cm³/mol. The average molecular weight is 413 g/mol. The Morgan fingerprint density at radius 3 is 2.62 bits per heavy atom. The molecule has 4 rings (SSSR count). The summed E-state index contributed by atoms with van der Waals surface area (Å²) in [5, 5.41) is 4.56. The summed E-state index contributed by atoms with van der Waals surface area (Å²) < 4.78 is 10.7. The van der Waals surface area contributed by atoms with E-state index >= 15 is 0 Å². The quantitative estimate of drug-likeness (QED) is 0.631. The molecule has 0 N–H and O–H groups in total. The van der Waals surface area contributed by atoms with Crippen LogP contribution in [0.1, 0.15) is 18.2 Å². The van der Waals surface area contributed by atoms with Crippen LogP contribution in [0.25, 0.3) is 11.4 Å². The first-order valence-corrected chi connectivity index (χ1v) is 9.59. The Labute approximate surface area is 173 Å². The SMILES string of the molecule is COc1ccc(N2C[C@H](c3nc(-c4ccc(N(C)C)cc4)no3)CC2=O)cc1Cl. The summed E-state index contributed by atoms with van der Waals surface area (Å²) in [6.45, 7) is 0.461. The van der Waals surface area contributed by atoms with Crippen LogP contribution in [0.4, 0.5) is 11.4 Å². The summed E-state index contributed by atoms with van der Waals surface area (Å²) in [6, 6.07) is 13.2. The number of anilines is 2. The van der Waals surface area contributed by atoms with E-state index in [-0.39, 0.29) is 11.8 Å². The number of hydrogen-bond donors (Lipinski definition) is 0. The van der Waals surface area contributed by atoms with E-state index in [4.69, 9.17) is 20.9 Å². The van der Waals surface area contributed by atoms with Crippen molar-refractivity contribution in [1.29, 1.82) is 0 Å². The second-order valence-corrected chi connectivity index (χ2v) is 7.53. The Hall–Kier alpha value is -3.06. The van der Waals surface area contributed by atoms with Crippen molar-refractivity contribution in [2.45, 2.75) is 12.3 Å². The molecule has 7 nitrogen and oxygen atoms in total. The molecule has 8 heteroatoms. The Balaban J connectivity index is 1.52. The second kappa shape index (κ2) is 7.75. The van der Waals surface area contributed by atoms with E-state index in [1.54, 1.807) is 24.1 Å². The molecule has 3 aromatic rings. The van der Waals surface area contributed by atoms with Gasteiger partial charge in [0.15, 0.2) is 0 Å². The van der Waals surface area contributed by atoms with Gasteiger partial charge >= 0.3 is 0 Å². The van der Waals surface area contributed by atoms with Crippen molar-refractivity contribution in [2.75, 3.05) is 37.5 Å². The lowest BCUT2D eigenvalue weighted by Crippen LogP contribution is -2.24.